The highest BCUT2D eigenvalue weighted by Gasteiger charge is 2.18. The van der Waals surface area contributed by atoms with Crippen molar-refractivity contribution in [2.45, 2.75) is 12.8 Å². The topological polar surface area (TPSA) is 75.2 Å². The number of hydrogen-bond acceptors (Lipinski definition) is 3. The zero-order valence-electron chi connectivity index (χ0n) is 7.69. The standard InChI is InChI=1S/C9H12N2O3/c12-9(13)8-4-7(10-11-8)3-6-1-2-14-5-6/h4,6H,1-3,5H2,(H,10,11)(H,12,13). The molecular formula is C9H12N2O3. The van der Waals surface area contributed by atoms with Crippen LogP contribution in [-0.2, 0) is 11.2 Å². The second-order valence-corrected chi connectivity index (χ2v) is 3.52. The van der Waals surface area contributed by atoms with Crippen LogP contribution in [0.25, 0.3) is 0 Å². The molecule has 1 aromatic heterocycles. The Labute approximate surface area is 81.1 Å². The van der Waals surface area contributed by atoms with Crippen LogP contribution in [0, 0.1) is 5.92 Å². The molecule has 1 unspecified atom stereocenters. The molecule has 5 heteroatoms. The first kappa shape index (κ1) is 9.21. The van der Waals surface area contributed by atoms with Crippen molar-refractivity contribution in [1.29, 1.82) is 0 Å². The number of aromatic nitrogens is 2. The second kappa shape index (κ2) is 3.79. The van der Waals surface area contributed by atoms with Crippen molar-refractivity contribution < 1.29 is 14.6 Å². The predicted octanol–water partition coefficient (Wildman–Crippen LogP) is 0.687. The van der Waals surface area contributed by atoms with Crippen LogP contribution < -0.4 is 0 Å². The van der Waals surface area contributed by atoms with Crippen molar-refractivity contribution in [2.75, 3.05) is 13.2 Å². The van der Waals surface area contributed by atoms with Gasteiger partial charge in [-0.15, -0.1) is 0 Å². The number of nitrogens with zero attached hydrogens (tertiary/aromatic N) is 1. The predicted molar refractivity (Wildman–Crippen MR) is 48.2 cm³/mol. The largest absolute Gasteiger partial charge is 0.476 e. The molecule has 0 amide bonds. The van der Waals surface area contributed by atoms with Crippen molar-refractivity contribution in [1.82, 2.24) is 10.2 Å². The second-order valence-electron chi connectivity index (χ2n) is 3.52. The molecule has 0 aromatic carbocycles. The first-order valence-corrected chi connectivity index (χ1v) is 4.61. The van der Waals surface area contributed by atoms with Crippen LogP contribution in [0.2, 0.25) is 0 Å². The summed E-state index contributed by atoms with van der Waals surface area (Å²) in [6, 6.07) is 1.58. The lowest BCUT2D eigenvalue weighted by molar-refractivity contribution is 0.0690. The van der Waals surface area contributed by atoms with Gasteiger partial charge in [0.05, 0.1) is 0 Å². The smallest absolute Gasteiger partial charge is 0.356 e. The third kappa shape index (κ3) is 1.93. The van der Waals surface area contributed by atoms with E-state index in [2.05, 4.69) is 10.2 Å². The van der Waals surface area contributed by atoms with E-state index < -0.39 is 5.97 Å². The Morgan fingerprint density at radius 1 is 1.79 bits per heavy atom. The Morgan fingerprint density at radius 2 is 2.64 bits per heavy atom. The first-order valence-electron chi connectivity index (χ1n) is 4.61. The van der Waals surface area contributed by atoms with Gasteiger partial charge in [0.25, 0.3) is 0 Å². The van der Waals surface area contributed by atoms with Crippen molar-refractivity contribution >= 4 is 5.97 Å². The minimum absolute atomic E-state index is 0.0823. The molecule has 1 saturated heterocycles. The zero-order valence-corrected chi connectivity index (χ0v) is 7.69. The van der Waals surface area contributed by atoms with E-state index in [9.17, 15) is 4.79 Å². The molecule has 76 valence electrons. The third-order valence-electron chi connectivity index (χ3n) is 2.38. The summed E-state index contributed by atoms with van der Waals surface area (Å²) in [6.45, 7) is 1.58. The maximum absolute atomic E-state index is 10.5. The Morgan fingerprint density at radius 3 is 3.21 bits per heavy atom. The molecule has 1 aliphatic heterocycles. The van der Waals surface area contributed by atoms with Crippen molar-refractivity contribution in [3.05, 3.63) is 17.5 Å². The summed E-state index contributed by atoms with van der Waals surface area (Å²) in [5, 5.41) is 15.1. The number of hydrogen-bond donors (Lipinski definition) is 2. The molecule has 14 heavy (non-hydrogen) atoms. The van der Waals surface area contributed by atoms with Gasteiger partial charge in [-0.25, -0.2) is 4.79 Å². The number of carbonyl (C=O) groups is 1. The van der Waals surface area contributed by atoms with Crippen LogP contribution >= 0.6 is 0 Å². The number of aromatic carboxylic acids is 1. The van der Waals surface area contributed by atoms with Gasteiger partial charge in [0.15, 0.2) is 5.69 Å². The molecule has 0 spiro atoms. The van der Waals surface area contributed by atoms with Crippen LogP contribution in [0.3, 0.4) is 0 Å². The van der Waals surface area contributed by atoms with E-state index in [0.717, 1.165) is 31.7 Å². The summed E-state index contributed by atoms with van der Waals surface area (Å²) in [5.74, 6) is -0.493. The molecular weight excluding hydrogens is 184 g/mol. The van der Waals surface area contributed by atoms with Crippen molar-refractivity contribution in [2.24, 2.45) is 5.92 Å². The number of nitrogens with one attached hydrogen (secondary N) is 1. The number of H-pyrrole nitrogens is 1. The fourth-order valence-electron chi connectivity index (χ4n) is 1.63. The average molecular weight is 196 g/mol. The molecule has 5 nitrogen and oxygen atoms in total. The van der Waals surface area contributed by atoms with Crippen molar-refractivity contribution in [3.8, 4) is 0 Å². The highest BCUT2D eigenvalue weighted by Crippen LogP contribution is 2.17. The number of carboxylic acid groups (broad SMARTS) is 1. The van der Waals surface area contributed by atoms with Gasteiger partial charge < -0.3 is 9.84 Å². The van der Waals surface area contributed by atoms with Gasteiger partial charge in [-0.3, -0.25) is 5.10 Å². The molecule has 1 atom stereocenters. The molecule has 0 aliphatic carbocycles. The van der Waals surface area contributed by atoms with Crippen LogP contribution in [0.1, 0.15) is 22.6 Å². The fourth-order valence-corrected chi connectivity index (χ4v) is 1.63. The van der Waals surface area contributed by atoms with E-state index in [-0.39, 0.29) is 5.69 Å². The summed E-state index contributed by atoms with van der Waals surface area (Å²) < 4.78 is 5.23. The molecule has 2 N–H and O–H groups in total. The number of rotatable bonds is 3. The molecule has 2 rings (SSSR count). The molecule has 0 radical (unpaired) electrons. The molecule has 0 saturated carbocycles. The van der Waals surface area contributed by atoms with Gasteiger partial charge in [0, 0.05) is 18.9 Å². The summed E-state index contributed by atoms with van der Waals surface area (Å²) in [6.07, 6.45) is 1.86. The number of carboxylic acids is 1. The van der Waals surface area contributed by atoms with E-state index in [4.69, 9.17) is 9.84 Å². The minimum Gasteiger partial charge on any atom is -0.476 e. The molecule has 1 aliphatic rings. The van der Waals surface area contributed by atoms with Gasteiger partial charge in [0.1, 0.15) is 0 Å². The fraction of sp³-hybridized carbons (Fsp3) is 0.556. The summed E-state index contributed by atoms with van der Waals surface area (Å²) in [4.78, 5) is 10.5. The van der Waals surface area contributed by atoms with Gasteiger partial charge in [-0.05, 0) is 24.8 Å². The molecule has 1 aromatic rings. The quantitative estimate of drug-likeness (QED) is 0.745. The van der Waals surface area contributed by atoms with Gasteiger partial charge in [0.2, 0.25) is 0 Å². The van der Waals surface area contributed by atoms with Crippen LogP contribution in [0.15, 0.2) is 6.07 Å². The summed E-state index contributed by atoms with van der Waals surface area (Å²) in [5.41, 5.74) is 0.955. The summed E-state index contributed by atoms with van der Waals surface area (Å²) in [7, 11) is 0. The highest BCUT2D eigenvalue weighted by atomic mass is 16.5. The lowest BCUT2D eigenvalue weighted by atomic mass is 10.0. The maximum Gasteiger partial charge on any atom is 0.356 e. The van der Waals surface area contributed by atoms with Gasteiger partial charge in [-0.2, -0.15) is 5.10 Å². The average Bonchev–Trinajstić information content (AvgIpc) is 2.75. The van der Waals surface area contributed by atoms with E-state index in [1.165, 1.54) is 0 Å². The van der Waals surface area contributed by atoms with E-state index in [1.807, 2.05) is 0 Å². The first-order chi connectivity index (χ1) is 6.75. The van der Waals surface area contributed by atoms with E-state index in [0.29, 0.717) is 5.92 Å². The molecule has 1 fully saturated rings. The van der Waals surface area contributed by atoms with Crippen LogP contribution in [0.4, 0.5) is 0 Å². The van der Waals surface area contributed by atoms with Gasteiger partial charge in [-0.1, -0.05) is 0 Å². The third-order valence-corrected chi connectivity index (χ3v) is 2.38. The Balaban J connectivity index is 1.98. The minimum atomic E-state index is -0.991. The molecule has 2 heterocycles. The number of ether oxygens (including phenoxy) is 1. The Kier molecular flexibility index (Phi) is 2.49. The van der Waals surface area contributed by atoms with E-state index >= 15 is 0 Å². The number of aromatic amines is 1. The Bertz CT molecular complexity index is 329. The Hall–Kier alpha value is -1.36. The highest BCUT2D eigenvalue weighted by molar-refractivity contribution is 5.85. The van der Waals surface area contributed by atoms with Crippen LogP contribution in [-0.4, -0.2) is 34.5 Å². The van der Waals surface area contributed by atoms with Gasteiger partial charge >= 0.3 is 5.97 Å². The van der Waals surface area contributed by atoms with Crippen molar-refractivity contribution in [3.63, 3.8) is 0 Å². The lowest BCUT2D eigenvalue weighted by Gasteiger charge is -2.03. The molecule has 0 bridgehead atoms. The summed E-state index contributed by atoms with van der Waals surface area (Å²) >= 11 is 0. The van der Waals surface area contributed by atoms with E-state index in [1.54, 1.807) is 6.07 Å². The van der Waals surface area contributed by atoms with Crippen LogP contribution in [0.5, 0.6) is 0 Å². The monoisotopic (exact) mass is 196 g/mol. The SMILES string of the molecule is O=C(O)c1cc(CC2CCOC2)[nH]n1. The lowest BCUT2D eigenvalue weighted by Crippen LogP contribution is -2.03. The maximum atomic E-state index is 10.5. The zero-order chi connectivity index (χ0) is 9.97. The normalized spacial score (nSPS) is 21.3.